The fourth-order valence-electron chi connectivity index (χ4n) is 2.68. The van der Waals surface area contributed by atoms with E-state index in [1.165, 1.54) is 0 Å². The molecule has 0 radical (unpaired) electrons. The van der Waals surface area contributed by atoms with Crippen molar-refractivity contribution < 1.29 is 40.3 Å². The van der Waals surface area contributed by atoms with Crippen LogP contribution in [0.2, 0.25) is 0 Å². The average Bonchev–Trinajstić information content (AvgIpc) is 2.61. The molecule has 0 amide bonds. The number of hydrogen-bond donors (Lipinski definition) is 0. The third-order valence-electron chi connectivity index (χ3n) is 4.09. The number of nitrogens with zero attached hydrogens (tertiary/aromatic N) is 1. The number of carbonyl (C=O) groups excluding carboxylic acids is 2. The molecule has 1 aromatic heterocycles. The molecule has 0 bridgehead atoms. The average molecular weight is 403 g/mol. The van der Waals surface area contributed by atoms with Crippen LogP contribution in [0.15, 0.2) is 42.1 Å². The van der Waals surface area contributed by atoms with Crippen molar-refractivity contribution in [3.63, 3.8) is 0 Å². The van der Waals surface area contributed by atoms with E-state index in [9.17, 15) is 40.3 Å². The number of carbonyl (C=O) groups is 2. The molecule has 0 atom stereocenters. The van der Waals surface area contributed by atoms with Crippen molar-refractivity contribution in [2.75, 3.05) is 0 Å². The highest BCUT2D eigenvalue weighted by Crippen LogP contribution is 2.43. The van der Waals surface area contributed by atoms with Crippen molar-refractivity contribution >= 4 is 11.6 Å². The molecule has 10 heteroatoms. The molecule has 0 unspecified atom stereocenters. The summed E-state index contributed by atoms with van der Waals surface area (Å²) in [7, 11) is 0. The fourth-order valence-corrected chi connectivity index (χ4v) is 2.68. The lowest BCUT2D eigenvalue weighted by atomic mass is 9.86. The van der Waals surface area contributed by atoms with Gasteiger partial charge in [0, 0.05) is 29.4 Å². The highest BCUT2D eigenvalue weighted by Gasteiger charge is 2.58. The lowest BCUT2D eigenvalue weighted by Crippen LogP contribution is -2.33. The quantitative estimate of drug-likeness (QED) is 0.706. The molecule has 0 saturated carbocycles. The number of halogens is 7. The molecule has 2 aromatic rings. The third kappa shape index (κ3) is 3.19. The Balaban J connectivity index is 1.90. The minimum Gasteiger partial charge on any atom is -0.289 e. The number of alkyl halides is 5. The highest BCUT2D eigenvalue weighted by molar-refractivity contribution is 6.24. The zero-order valence-electron chi connectivity index (χ0n) is 13.6. The smallest absolute Gasteiger partial charge is 0.289 e. The van der Waals surface area contributed by atoms with Gasteiger partial charge in [0.2, 0.25) is 0 Å². The van der Waals surface area contributed by atoms with Crippen molar-refractivity contribution in [1.29, 1.82) is 0 Å². The molecular weight excluding hydrogens is 395 g/mol. The molecule has 3 nitrogen and oxygen atoms in total. The summed E-state index contributed by atoms with van der Waals surface area (Å²) in [5.41, 5.74) is -3.30. The van der Waals surface area contributed by atoms with Gasteiger partial charge in [0.05, 0.1) is 11.1 Å². The molecule has 0 saturated heterocycles. The van der Waals surface area contributed by atoms with Crippen LogP contribution in [0.3, 0.4) is 0 Å². The van der Waals surface area contributed by atoms with Gasteiger partial charge in [0.25, 0.3) is 0 Å². The van der Waals surface area contributed by atoms with Crippen molar-refractivity contribution in [3.05, 3.63) is 76.1 Å². The molecule has 0 aliphatic heterocycles. The van der Waals surface area contributed by atoms with Crippen molar-refractivity contribution in [3.8, 4) is 0 Å². The first-order valence-corrected chi connectivity index (χ1v) is 7.61. The summed E-state index contributed by atoms with van der Waals surface area (Å²) < 4.78 is 91.3. The number of pyridine rings is 1. The topological polar surface area (TPSA) is 47.0 Å². The van der Waals surface area contributed by atoms with E-state index in [2.05, 4.69) is 4.98 Å². The van der Waals surface area contributed by atoms with Gasteiger partial charge < -0.3 is 0 Å². The fraction of sp³-hybridized carbons (Fsp3) is 0.167. The second-order valence-electron chi connectivity index (χ2n) is 5.93. The number of aromatic nitrogens is 1. The van der Waals surface area contributed by atoms with Crippen LogP contribution in [0.25, 0.3) is 0 Å². The van der Waals surface area contributed by atoms with Crippen LogP contribution < -0.4 is 0 Å². The first kappa shape index (κ1) is 19.7. The van der Waals surface area contributed by atoms with E-state index in [-0.39, 0.29) is 11.3 Å². The number of ketones is 2. The predicted molar refractivity (Wildman–Crippen MR) is 81.0 cm³/mol. The number of fused-ring (bicyclic) bond motifs is 1. The first-order chi connectivity index (χ1) is 12.9. The summed E-state index contributed by atoms with van der Waals surface area (Å²) in [6.07, 6.45) is -5.20. The molecule has 3 rings (SSSR count). The Kier molecular flexibility index (Phi) is 4.60. The third-order valence-corrected chi connectivity index (χ3v) is 4.09. The zero-order valence-corrected chi connectivity index (χ0v) is 13.6. The van der Waals surface area contributed by atoms with Crippen LogP contribution in [0.1, 0.15) is 32.0 Å². The molecule has 1 aliphatic rings. The molecule has 0 spiro atoms. The Labute approximate surface area is 152 Å². The van der Waals surface area contributed by atoms with E-state index in [4.69, 9.17) is 0 Å². The molecule has 1 aromatic carbocycles. The highest BCUT2D eigenvalue weighted by atomic mass is 19.4. The molecule has 1 heterocycles. The maximum Gasteiger partial charge on any atom is 0.458 e. The van der Waals surface area contributed by atoms with Crippen LogP contribution in [0, 0.1) is 11.6 Å². The van der Waals surface area contributed by atoms with Crippen molar-refractivity contribution in [2.24, 2.45) is 0 Å². The Hall–Kier alpha value is -3.04. The summed E-state index contributed by atoms with van der Waals surface area (Å²) >= 11 is 0. The second kappa shape index (κ2) is 6.54. The largest absolute Gasteiger partial charge is 0.458 e. The van der Waals surface area contributed by atoms with Gasteiger partial charge >= 0.3 is 12.1 Å². The van der Waals surface area contributed by atoms with Crippen LogP contribution in [-0.2, 0) is 12.3 Å². The summed E-state index contributed by atoms with van der Waals surface area (Å²) in [6.45, 7) is 0. The summed E-state index contributed by atoms with van der Waals surface area (Å²) in [6, 6.07) is 2.68. The van der Waals surface area contributed by atoms with Gasteiger partial charge in [-0.3, -0.25) is 14.6 Å². The van der Waals surface area contributed by atoms with Gasteiger partial charge in [0.15, 0.2) is 11.6 Å². The van der Waals surface area contributed by atoms with Crippen molar-refractivity contribution in [2.45, 2.75) is 18.5 Å². The van der Waals surface area contributed by atoms with Gasteiger partial charge in [0.1, 0.15) is 11.6 Å². The monoisotopic (exact) mass is 403 g/mol. The van der Waals surface area contributed by atoms with Crippen LogP contribution in [0.5, 0.6) is 0 Å². The minimum absolute atomic E-state index is 0.116. The van der Waals surface area contributed by atoms with E-state index in [1.807, 2.05) is 0 Å². The maximum atomic E-state index is 13.9. The Bertz CT molecular complexity index is 1010. The van der Waals surface area contributed by atoms with Crippen LogP contribution in [-0.4, -0.2) is 22.7 Å². The van der Waals surface area contributed by atoms with Gasteiger partial charge in [-0.25, -0.2) is 8.78 Å². The SMILES string of the molecule is O=C1C=C(Cc2ccc(C(F)(F)C(F)(F)F)cn2)C(=O)c2c(F)ccc(F)c21. The van der Waals surface area contributed by atoms with E-state index >= 15 is 0 Å². The Morgan fingerprint density at radius 1 is 0.857 bits per heavy atom. The minimum atomic E-state index is -5.81. The molecule has 28 heavy (non-hydrogen) atoms. The molecule has 1 aliphatic carbocycles. The van der Waals surface area contributed by atoms with E-state index < -0.39 is 58.4 Å². The number of benzene rings is 1. The zero-order chi connectivity index (χ0) is 20.9. The molecule has 0 fully saturated rings. The Morgan fingerprint density at radius 2 is 1.46 bits per heavy atom. The van der Waals surface area contributed by atoms with Gasteiger partial charge in [-0.2, -0.15) is 22.0 Å². The maximum absolute atomic E-state index is 13.9. The van der Waals surface area contributed by atoms with Gasteiger partial charge in [-0.05, 0) is 30.3 Å². The lowest BCUT2D eigenvalue weighted by molar-refractivity contribution is -0.289. The molecular formula is C18H8F7NO2. The van der Waals surface area contributed by atoms with Gasteiger partial charge in [-0.1, -0.05) is 0 Å². The van der Waals surface area contributed by atoms with Gasteiger partial charge in [-0.15, -0.1) is 0 Å². The normalized spacial score (nSPS) is 14.8. The lowest BCUT2D eigenvalue weighted by Gasteiger charge is -2.20. The molecule has 146 valence electrons. The van der Waals surface area contributed by atoms with Crippen LogP contribution in [0.4, 0.5) is 30.7 Å². The number of allylic oxidation sites excluding steroid dienone is 2. The van der Waals surface area contributed by atoms with E-state index in [1.54, 1.807) is 0 Å². The first-order valence-electron chi connectivity index (χ1n) is 7.61. The van der Waals surface area contributed by atoms with E-state index in [0.29, 0.717) is 24.4 Å². The summed E-state index contributed by atoms with van der Waals surface area (Å²) in [5.74, 6) is -9.29. The second-order valence-corrected chi connectivity index (χ2v) is 5.93. The Morgan fingerprint density at radius 3 is 2.00 bits per heavy atom. The van der Waals surface area contributed by atoms with Crippen molar-refractivity contribution in [1.82, 2.24) is 4.98 Å². The molecule has 0 N–H and O–H groups in total. The number of hydrogen-bond acceptors (Lipinski definition) is 3. The number of rotatable bonds is 3. The summed E-state index contributed by atoms with van der Waals surface area (Å²) in [4.78, 5) is 27.9. The standard InChI is InChI=1S/C18H8F7NO2/c19-11-3-4-12(20)15-14(11)13(27)6-8(16(15)28)5-10-2-1-9(7-26-10)17(21,22)18(23,24)25/h1-4,6-7H,5H2. The number of Topliss-reactive ketones (excluding diaryl/α,β-unsaturated/α-hetero) is 1. The summed E-state index contributed by atoms with van der Waals surface area (Å²) in [5, 5.41) is 0. The van der Waals surface area contributed by atoms with Crippen LogP contribution >= 0.6 is 0 Å². The van der Waals surface area contributed by atoms with E-state index in [0.717, 1.165) is 12.1 Å². The predicted octanol–water partition coefficient (Wildman–Crippen LogP) is 4.56.